The zero-order chi connectivity index (χ0) is 18.6. The molecule has 0 amide bonds. The first-order chi connectivity index (χ1) is 12.8. The number of ether oxygens (including phenoxy) is 2. The van der Waals surface area contributed by atoms with Crippen molar-refractivity contribution in [1.29, 1.82) is 0 Å². The third-order valence-electron chi connectivity index (χ3n) is 3.81. The van der Waals surface area contributed by atoms with Gasteiger partial charge in [-0.3, -0.25) is 4.99 Å². The average molecular weight is 479 g/mol. The maximum Gasteiger partial charge on any atom is 0.191 e. The Kier molecular flexibility index (Phi) is 10.8. The first-order valence-electron chi connectivity index (χ1n) is 8.48. The van der Waals surface area contributed by atoms with Gasteiger partial charge in [-0.2, -0.15) is 0 Å². The quantitative estimate of drug-likeness (QED) is 0.264. The fourth-order valence-corrected chi connectivity index (χ4v) is 2.45. The van der Waals surface area contributed by atoms with Crippen molar-refractivity contribution in [3.05, 3.63) is 59.7 Å². The van der Waals surface area contributed by atoms with E-state index in [-0.39, 0.29) is 30.6 Å². The lowest BCUT2D eigenvalue weighted by atomic mass is 10.1. The first kappa shape index (κ1) is 22.6. The number of hydrogen-bond acceptors (Lipinski definition) is 3. The number of methoxy groups -OCH3 is 1. The van der Waals surface area contributed by atoms with Crippen LogP contribution in [0.5, 0.6) is 11.5 Å². The Morgan fingerprint density at radius 2 is 1.85 bits per heavy atom. The molecule has 0 aliphatic heterocycles. The van der Waals surface area contributed by atoms with Gasteiger partial charge in [0.2, 0.25) is 0 Å². The second kappa shape index (κ2) is 12.9. The number of nitrogens with one attached hydrogen (secondary N) is 2. The Morgan fingerprint density at radius 3 is 2.52 bits per heavy atom. The lowest BCUT2D eigenvalue weighted by molar-refractivity contribution is 0.370. The molecule has 27 heavy (non-hydrogen) atoms. The zero-order valence-corrected chi connectivity index (χ0v) is 18.0. The van der Waals surface area contributed by atoms with Crippen LogP contribution in [-0.2, 0) is 13.0 Å². The van der Waals surface area contributed by atoms with Gasteiger partial charge in [0.25, 0.3) is 0 Å². The molecular weight excluding hydrogens is 453 g/mol. The highest BCUT2D eigenvalue weighted by Crippen LogP contribution is 2.16. The number of terminal acetylenes is 1. The summed E-state index contributed by atoms with van der Waals surface area (Å²) in [5.74, 6) is 4.86. The SMILES string of the molecule is C#CCOc1ccc(CCNC(=NC)NCc2ccccc2OC)cc1.I. The van der Waals surface area contributed by atoms with Crippen molar-refractivity contribution < 1.29 is 9.47 Å². The number of hydrogen-bond donors (Lipinski definition) is 2. The van der Waals surface area contributed by atoms with Gasteiger partial charge in [0.05, 0.1) is 7.11 Å². The molecule has 6 heteroatoms. The Bertz CT molecular complexity index is 755. The van der Waals surface area contributed by atoms with Crippen molar-refractivity contribution in [2.45, 2.75) is 13.0 Å². The molecule has 0 aliphatic carbocycles. The minimum Gasteiger partial charge on any atom is -0.496 e. The van der Waals surface area contributed by atoms with Gasteiger partial charge in [0.15, 0.2) is 5.96 Å². The van der Waals surface area contributed by atoms with Crippen molar-refractivity contribution in [2.75, 3.05) is 27.3 Å². The van der Waals surface area contributed by atoms with E-state index in [0.29, 0.717) is 6.54 Å². The monoisotopic (exact) mass is 479 g/mol. The molecule has 0 heterocycles. The number of halogens is 1. The van der Waals surface area contributed by atoms with Crippen LogP contribution in [0.3, 0.4) is 0 Å². The van der Waals surface area contributed by atoms with Gasteiger partial charge >= 0.3 is 0 Å². The molecule has 5 nitrogen and oxygen atoms in total. The summed E-state index contributed by atoms with van der Waals surface area (Å²) in [5.41, 5.74) is 2.30. The average Bonchev–Trinajstić information content (AvgIpc) is 2.70. The van der Waals surface area contributed by atoms with Gasteiger partial charge in [-0.15, -0.1) is 30.4 Å². The van der Waals surface area contributed by atoms with Crippen LogP contribution >= 0.6 is 24.0 Å². The van der Waals surface area contributed by atoms with E-state index in [4.69, 9.17) is 15.9 Å². The van der Waals surface area contributed by atoms with E-state index in [1.165, 1.54) is 5.56 Å². The molecule has 2 aromatic carbocycles. The van der Waals surface area contributed by atoms with Crippen LogP contribution in [0.2, 0.25) is 0 Å². The summed E-state index contributed by atoms with van der Waals surface area (Å²) in [6.07, 6.45) is 6.06. The van der Waals surface area contributed by atoms with Crippen LogP contribution < -0.4 is 20.1 Å². The smallest absolute Gasteiger partial charge is 0.191 e. The van der Waals surface area contributed by atoms with E-state index in [0.717, 1.165) is 36.0 Å². The summed E-state index contributed by atoms with van der Waals surface area (Å²) < 4.78 is 10.7. The van der Waals surface area contributed by atoms with Crippen LogP contribution in [0.15, 0.2) is 53.5 Å². The van der Waals surface area contributed by atoms with Crippen molar-refractivity contribution in [2.24, 2.45) is 4.99 Å². The molecule has 0 aliphatic rings. The molecule has 2 rings (SSSR count). The highest BCUT2D eigenvalue weighted by Gasteiger charge is 2.03. The Hall–Kier alpha value is -2.40. The lowest BCUT2D eigenvalue weighted by Crippen LogP contribution is -2.37. The van der Waals surface area contributed by atoms with E-state index >= 15 is 0 Å². The maximum absolute atomic E-state index is 5.37. The van der Waals surface area contributed by atoms with Gasteiger partial charge < -0.3 is 20.1 Å². The number of guanidine groups is 1. The molecule has 0 spiro atoms. The van der Waals surface area contributed by atoms with Gasteiger partial charge in [-0.05, 0) is 30.2 Å². The summed E-state index contributed by atoms with van der Waals surface area (Å²) in [6.45, 7) is 1.70. The molecular formula is C21H26IN3O2. The summed E-state index contributed by atoms with van der Waals surface area (Å²) >= 11 is 0. The van der Waals surface area contributed by atoms with E-state index in [1.54, 1.807) is 14.2 Å². The standard InChI is InChI=1S/C21H25N3O2.HI/c1-4-15-26-19-11-9-17(10-12-19)13-14-23-21(22-2)24-16-18-7-5-6-8-20(18)25-3;/h1,5-12H,13-16H2,2-3H3,(H2,22,23,24);1H. The fourth-order valence-electron chi connectivity index (χ4n) is 2.45. The van der Waals surface area contributed by atoms with E-state index < -0.39 is 0 Å². The Morgan fingerprint density at radius 1 is 1.11 bits per heavy atom. The van der Waals surface area contributed by atoms with Crippen LogP contribution in [-0.4, -0.2) is 33.3 Å². The molecule has 0 unspecified atom stereocenters. The third kappa shape index (κ3) is 7.79. The first-order valence-corrected chi connectivity index (χ1v) is 8.48. The number of benzene rings is 2. The fraction of sp³-hybridized carbons (Fsp3) is 0.286. The molecule has 0 atom stereocenters. The molecule has 0 fully saturated rings. The summed E-state index contributed by atoms with van der Waals surface area (Å²) in [4.78, 5) is 4.25. The molecule has 2 aromatic rings. The van der Waals surface area contributed by atoms with Gasteiger partial charge in [0, 0.05) is 25.7 Å². The largest absolute Gasteiger partial charge is 0.496 e. The van der Waals surface area contributed by atoms with Crippen LogP contribution in [0.1, 0.15) is 11.1 Å². The maximum atomic E-state index is 5.37. The molecule has 0 aromatic heterocycles. The minimum absolute atomic E-state index is 0. The number of nitrogens with zero attached hydrogens (tertiary/aromatic N) is 1. The summed E-state index contributed by atoms with van der Waals surface area (Å²) in [5, 5.41) is 6.61. The predicted molar refractivity (Wildman–Crippen MR) is 121 cm³/mol. The van der Waals surface area contributed by atoms with Crippen molar-refractivity contribution >= 4 is 29.9 Å². The topological polar surface area (TPSA) is 54.9 Å². The van der Waals surface area contributed by atoms with Crippen molar-refractivity contribution in [3.8, 4) is 23.8 Å². The Labute approximate surface area is 178 Å². The highest BCUT2D eigenvalue weighted by molar-refractivity contribution is 14.0. The van der Waals surface area contributed by atoms with E-state index in [2.05, 4.69) is 21.5 Å². The van der Waals surface area contributed by atoms with Gasteiger partial charge in [0.1, 0.15) is 18.1 Å². The molecule has 0 saturated heterocycles. The van der Waals surface area contributed by atoms with Gasteiger partial charge in [-0.25, -0.2) is 0 Å². The molecule has 144 valence electrons. The third-order valence-corrected chi connectivity index (χ3v) is 3.81. The van der Waals surface area contributed by atoms with Gasteiger partial charge in [-0.1, -0.05) is 36.3 Å². The highest BCUT2D eigenvalue weighted by atomic mass is 127. The number of rotatable bonds is 8. The molecule has 0 saturated carbocycles. The van der Waals surface area contributed by atoms with Crippen LogP contribution in [0.25, 0.3) is 0 Å². The second-order valence-corrected chi connectivity index (χ2v) is 5.55. The van der Waals surface area contributed by atoms with Crippen molar-refractivity contribution in [3.63, 3.8) is 0 Å². The molecule has 0 bridgehead atoms. The second-order valence-electron chi connectivity index (χ2n) is 5.55. The predicted octanol–water partition coefficient (Wildman–Crippen LogP) is 3.23. The number of aliphatic imine (C=N–C) groups is 1. The lowest BCUT2D eigenvalue weighted by Gasteiger charge is -2.14. The van der Waals surface area contributed by atoms with Crippen LogP contribution in [0.4, 0.5) is 0 Å². The Balaban J connectivity index is 0.00000364. The minimum atomic E-state index is 0. The molecule has 2 N–H and O–H groups in total. The normalized spacial score (nSPS) is 10.3. The number of para-hydroxylation sites is 1. The summed E-state index contributed by atoms with van der Waals surface area (Å²) in [7, 11) is 3.43. The van der Waals surface area contributed by atoms with E-state index in [9.17, 15) is 0 Å². The van der Waals surface area contributed by atoms with Crippen LogP contribution in [0, 0.1) is 12.3 Å². The molecule has 0 radical (unpaired) electrons. The zero-order valence-electron chi connectivity index (χ0n) is 15.7. The summed E-state index contributed by atoms with van der Waals surface area (Å²) in [6, 6.07) is 15.9. The van der Waals surface area contributed by atoms with E-state index in [1.807, 2.05) is 48.5 Å². The van der Waals surface area contributed by atoms with Crippen molar-refractivity contribution in [1.82, 2.24) is 10.6 Å².